The minimum absolute atomic E-state index is 0.0478. The molecule has 0 aromatic carbocycles. The highest BCUT2D eigenvalue weighted by Crippen LogP contribution is 2.16. The van der Waals surface area contributed by atoms with E-state index in [1.165, 1.54) is 41.5 Å². The number of hydrogen-bond acceptors (Lipinski definition) is 19. The molecule has 0 rings (SSSR count). The van der Waals surface area contributed by atoms with Crippen LogP contribution in [0.4, 0.5) is 0 Å². The molecule has 106 heavy (non-hydrogen) atoms. The van der Waals surface area contributed by atoms with Gasteiger partial charge in [-0.05, 0) is 116 Å². The van der Waals surface area contributed by atoms with Crippen molar-refractivity contribution < 1.29 is 107 Å². The average Bonchev–Trinajstić information content (AvgIpc) is 0.858. The third-order valence-electron chi connectivity index (χ3n) is 17.5. The molecule has 37 heteroatoms. The van der Waals surface area contributed by atoms with Gasteiger partial charge in [-0.15, -0.1) is 0 Å². The van der Waals surface area contributed by atoms with Crippen molar-refractivity contribution >= 4 is 107 Å². The van der Waals surface area contributed by atoms with E-state index < -0.39 is 247 Å². The van der Waals surface area contributed by atoms with Gasteiger partial charge in [0.15, 0.2) is 0 Å². The number of aliphatic carboxylic acids is 4. The van der Waals surface area contributed by atoms with Gasteiger partial charge in [0.05, 0.1) is 6.04 Å². The minimum atomic E-state index is -1.65. The minimum Gasteiger partial charge on any atom is -0.481 e. The summed E-state index contributed by atoms with van der Waals surface area (Å²) in [5.41, 5.74) is 5.84. The number of amides is 14. The number of carbonyl (C=O) groups is 18. The molecule has 602 valence electrons. The number of carboxylic acids is 4. The summed E-state index contributed by atoms with van der Waals surface area (Å²) < 4.78 is 0. The zero-order chi connectivity index (χ0) is 81.9. The Kier molecular flexibility index (Phi) is 43.5. The number of nitrogens with two attached hydrogens (primary N) is 1. The van der Waals surface area contributed by atoms with Crippen LogP contribution < -0.4 is 80.2 Å². The van der Waals surface area contributed by atoms with E-state index in [9.17, 15) is 102 Å². The zero-order valence-electron chi connectivity index (χ0n) is 64.3. The molecule has 0 heterocycles. The van der Waals surface area contributed by atoms with Crippen molar-refractivity contribution in [1.29, 1.82) is 0 Å². The van der Waals surface area contributed by atoms with Crippen LogP contribution in [0.1, 0.15) is 202 Å². The SMILES string of the molecule is CC[C@H](C)[C@H](NC(=O)[C@H](CCC(=O)O)NC(=O)[C@H](CC(C)C)NC(=O)[C@H](C)NC(=O)[C@H](C)NC(=O)[C@@H](NC(=O)[C@H](CCC(=O)O)NC(=O)[C@H](CC(C)C)NC(=O)[C@H](C)NC(=O)[C@H](C)NC(=O)[C@@H](NC(=O)[C@@H](N)CCC(=O)O)[C@@H](C)CC)[C@@H](C)CC)C(=O)N[C@@H](C)C(=O)N[C@@H](C)C(=O)N[C@@H](CC(C)C)C(=O)O. The van der Waals surface area contributed by atoms with Crippen molar-refractivity contribution in [3.8, 4) is 0 Å². The van der Waals surface area contributed by atoms with Gasteiger partial charge in [-0.2, -0.15) is 0 Å². The van der Waals surface area contributed by atoms with E-state index in [0.29, 0.717) is 6.42 Å². The third-order valence-corrected chi connectivity index (χ3v) is 17.5. The first kappa shape index (κ1) is 96.4. The number of carboxylic acid groups (broad SMARTS) is 4. The summed E-state index contributed by atoms with van der Waals surface area (Å²) in [6.07, 6.45) is -2.04. The predicted molar refractivity (Wildman–Crippen MR) is 384 cm³/mol. The monoisotopic (exact) mass is 1510 g/mol. The van der Waals surface area contributed by atoms with Crippen LogP contribution in [0.5, 0.6) is 0 Å². The fourth-order valence-electron chi connectivity index (χ4n) is 10.2. The summed E-state index contributed by atoms with van der Waals surface area (Å²) in [4.78, 5) is 238. The highest BCUT2D eigenvalue weighted by Gasteiger charge is 2.39. The lowest BCUT2D eigenvalue weighted by Crippen LogP contribution is -2.61. The maximum Gasteiger partial charge on any atom is 0.326 e. The summed E-state index contributed by atoms with van der Waals surface area (Å²) in [5, 5.41) is 72.6. The van der Waals surface area contributed by atoms with Gasteiger partial charge in [0.25, 0.3) is 0 Å². The van der Waals surface area contributed by atoms with Gasteiger partial charge in [0.2, 0.25) is 82.7 Å². The van der Waals surface area contributed by atoms with Gasteiger partial charge in [-0.25, -0.2) is 4.79 Å². The molecule has 0 radical (unpaired) electrons. The molecule has 0 fully saturated rings. The third kappa shape index (κ3) is 35.9. The summed E-state index contributed by atoms with van der Waals surface area (Å²) in [6.45, 7) is 28.0. The van der Waals surface area contributed by atoms with E-state index in [0.717, 1.165) is 0 Å². The second-order valence-electron chi connectivity index (χ2n) is 28.4. The molecule has 0 spiro atoms. The first-order valence-electron chi connectivity index (χ1n) is 36.0. The Labute approximate surface area is 619 Å². The molecular weight excluding hydrogens is 1390 g/mol. The predicted octanol–water partition coefficient (Wildman–Crippen LogP) is -1.82. The number of nitrogens with one attached hydrogen (secondary N) is 14. The van der Waals surface area contributed by atoms with Crippen LogP contribution in [-0.2, 0) is 86.3 Å². The molecule has 0 aliphatic heterocycles. The Bertz CT molecular complexity index is 3060. The quantitative estimate of drug-likeness (QED) is 0.0319. The average molecular weight is 1510 g/mol. The first-order valence-corrected chi connectivity index (χ1v) is 36.0. The molecule has 0 aromatic heterocycles. The maximum atomic E-state index is 14.2. The Hall–Kier alpha value is -9.58. The summed E-state index contributed by atoms with van der Waals surface area (Å²) in [6, 6.07) is -20.7. The normalized spacial score (nSPS) is 16.4. The van der Waals surface area contributed by atoms with E-state index in [4.69, 9.17) is 10.8 Å². The van der Waals surface area contributed by atoms with Gasteiger partial charge in [0.1, 0.15) is 84.6 Å². The lowest BCUT2D eigenvalue weighted by Gasteiger charge is -2.29. The van der Waals surface area contributed by atoms with E-state index >= 15 is 0 Å². The van der Waals surface area contributed by atoms with Crippen molar-refractivity contribution in [3.63, 3.8) is 0 Å². The zero-order valence-corrected chi connectivity index (χ0v) is 64.3. The highest BCUT2D eigenvalue weighted by molar-refractivity contribution is 6.00. The summed E-state index contributed by atoms with van der Waals surface area (Å²) in [5.74, 6) is -20.2. The van der Waals surface area contributed by atoms with Crippen molar-refractivity contribution in [3.05, 3.63) is 0 Å². The number of hydrogen-bond donors (Lipinski definition) is 19. The van der Waals surface area contributed by atoms with Gasteiger partial charge >= 0.3 is 23.9 Å². The van der Waals surface area contributed by atoms with E-state index in [2.05, 4.69) is 74.4 Å². The molecule has 0 aliphatic carbocycles. The number of rotatable bonds is 50. The van der Waals surface area contributed by atoms with Crippen molar-refractivity contribution in [2.75, 3.05) is 0 Å². The lowest BCUT2D eigenvalue weighted by atomic mass is 9.97. The molecule has 0 bridgehead atoms. The Morgan fingerprint density at radius 3 is 0.708 bits per heavy atom. The Morgan fingerprint density at radius 2 is 0.462 bits per heavy atom. The number of carbonyl (C=O) groups excluding carboxylic acids is 14. The van der Waals surface area contributed by atoms with Gasteiger partial charge in [-0.1, -0.05) is 102 Å². The van der Waals surface area contributed by atoms with E-state index in [-0.39, 0.29) is 56.3 Å². The van der Waals surface area contributed by atoms with Crippen LogP contribution in [0, 0.1) is 35.5 Å². The van der Waals surface area contributed by atoms with Crippen LogP contribution >= 0.6 is 0 Å². The Morgan fingerprint density at radius 1 is 0.255 bits per heavy atom. The standard InChI is InChI=1S/C69H119N15O22/c1-19-34(10)52(82-61(97)43(70)22-25-49(85)86)66(102)74-37(13)55(91)71-40(16)58(94)79-46(28-31(4)5)64(100)77-44(23-26-50(87)88)62(98)83-53(35(11)20-2)67(103)75-38(14)56(92)72-41(17)59(95)80-47(29-32(6)7)65(101)78-45(24-27-51(89)90)63(99)84-54(36(12)21-3)68(104)76-39(15)57(93)73-42(18)60(96)81-48(69(105)106)30-33(8)9/h31-48,52-54H,19-30,70H2,1-18H3,(H,71,91)(H,72,92)(H,73,93)(H,74,102)(H,75,103)(H,76,104)(H,77,100)(H,78,101)(H,79,94)(H,80,95)(H,81,96)(H,82,97)(H,83,98)(H,84,99)(H,85,86)(H,87,88)(H,89,90)(H,105,106)/t34-,35-,36-,37-,38-,39-,40-,41-,42-,43-,44-,45-,46-,47-,48-,52-,53-,54-/m0/s1. The van der Waals surface area contributed by atoms with Gasteiger partial charge in [0, 0.05) is 19.3 Å². The molecule has 0 aliphatic rings. The molecule has 0 saturated carbocycles. The Balaban J connectivity index is 6.43. The van der Waals surface area contributed by atoms with Crippen LogP contribution in [0.2, 0.25) is 0 Å². The van der Waals surface area contributed by atoms with Crippen molar-refractivity contribution in [1.82, 2.24) is 74.4 Å². The fourth-order valence-corrected chi connectivity index (χ4v) is 10.2. The smallest absolute Gasteiger partial charge is 0.326 e. The molecular formula is C69H119N15O22. The van der Waals surface area contributed by atoms with E-state index in [1.807, 2.05) is 0 Å². The van der Waals surface area contributed by atoms with Crippen LogP contribution in [0.15, 0.2) is 0 Å². The summed E-state index contributed by atoms with van der Waals surface area (Å²) >= 11 is 0. The first-order chi connectivity index (χ1) is 49.1. The second-order valence-corrected chi connectivity index (χ2v) is 28.4. The van der Waals surface area contributed by atoms with Crippen LogP contribution in [0.3, 0.4) is 0 Å². The van der Waals surface area contributed by atoms with Crippen LogP contribution in [-0.4, -0.2) is 218 Å². The summed E-state index contributed by atoms with van der Waals surface area (Å²) in [7, 11) is 0. The molecule has 37 nitrogen and oxygen atoms in total. The molecule has 0 aromatic rings. The van der Waals surface area contributed by atoms with Gasteiger partial charge in [-0.3, -0.25) is 81.5 Å². The van der Waals surface area contributed by atoms with Gasteiger partial charge < -0.3 is 101 Å². The fraction of sp³-hybridized carbons (Fsp3) is 0.739. The van der Waals surface area contributed by atoms with Crippen molar-refractivity contribution in [2.24, 2.45) is 41.2 Å². The second kappa shape index (κ2) is 47.8. The topological polar surface area (TPSA) is 583 Å². The molecule has 14 amide bonds. The van der Waals surface area contributed by atoms with E-state index in [1.54, 1.807) is 83.1 Å². The maximum absolute atomic E-state index is 14.2. The lowest BCUT2D eigenvalue weighted by molar-refractivity contribution is -0.143. The largest absolute Gasteiger partial charge is 0.481 e. The molecule has 0 unspecified atom stereocenters. The molecule has 20 N–H and O–H groups in total. The molecule has 0 saturated heterocycles. The molecule has 18 atom stereocenters. The van der Waals surface area contributed by atoms with Crippen LogP contribution in [0.25, 0.3) is 0 Å². The van der Waals surface area contributed by atoms with Crippen molar-refractivity contribution in [2.45, 2.75) is 292 Å². The highest BCUT2D eigenvalue weighted by atomic mass is 16.4.